The molecule has 4 aromatic rings. The van der Waals surface area contributed by atoms with Crippen LogP contribution in [0.5, 0.6) is 17.2 Å². The molecule has 0 unspecified atom stereocenters. The van der Waals surface area contributed by atoms with E-state index in [1.807, 2.05) is 32.0 Å². The number of rotatable bonds is 8. The van der Waals surface area contributed by atoms with E-state index in [-0.39, 0.29) is 0 Å². The van der Waals surface area contributed by atoms with Crippen LogP contribution in [0.1, 0.15) is 22.5 Å². The Morgan fingerprint density at radius 2 is 1.68 bits per heavy atom. The van der Waals surface area contributed by atoms with Crippen LogP contribution >= 0.6 is 0 Å². The average Bonchev–Trinajstić information content (AvgIpc) is 3.00. The first-order chi connectivity index (χ1) is 20.0. The standard InChI is InChI=1S/C32H34N4O5/c1-22-6-5-7-23(2)31(22)41-32(37)36(27-13-12-26(38-3)21-28(27)39-4)30-14-15-33-29(34-30)20-24-8-10-25(11-9-24)35-16-18-40-19-17-35/h5-15,21H,16-20H2,1-4H3. The van der Waals surface area contributed by atoms with E-state index in [1.54, 1.807) is 44.7 Å². The van der Waals surface area contributed by atoms with E-state index in [4.69, 9.17) is 23.9 Å². The first kappa shape index (κ1) is 27.9. The lowest BCUT2D eigenvalue weighted by Gasteiger charge is -2.28. The number of carbonyl (C=O) groups excluding carboxylic acids is 1. The summed E-state index contributed by atoms with van der Waals surface area (Å²) in [5.74, 6) is 2.46. The predicted molar refractivity (Wildman–Crippen MR) is 158 cm³/mol. The lowest BCUT2D eigenvalue weighted by atomic mass is 10.1. The van der Waals surface area contributed by atoms with Gasteiger partial charge in [0.15, 0.2) is 0 Å². The van der Waals surface area contributed by atoms with Gasteiger partial charge in [-0.1, -0.05) is 30.3 Å². The Hall–Kier alpha value is -4.63. The first-order valence-electron chi connectivity index (χ1n) is 13.5. The molecule has 9 heteroatoms. The molecule has 1 amide bonds. The Morgan fingerprint density at radius 1 is 0.951 bits per heavy atom. The molecule has 212 valence electrons. The Balaban J connectivity index is 1.46. The zero-order valence-corrected chi connectivity index (χ0v) is 23.8. The fourth-order valence-electron chi connectivity index (χ4n) is 4.80. The summed E-state index contributed by atoms with van der Waals surface area (Å²) in [5, 5.41) is 0. The third-order valence-electron chi connectivity index (χ3n) is 7.00. The minimum absolute atomic E-state index is 0.361. The number of ether oxygens (including phenoxy) is 4. The number of morpholine rings is 1. The van der Waals surface area contributed by atoms with Gasteiger partial charge >= 0.3 is 6.09 Å². The maximum absolute atomic E-state index is 13.8. The van der Waals surface area contributed by atoms with Gasteiger partial charge in [-0.25, -0.2) is 19.7 Å². The zero-order chi connectivity index (χ0) is 28.8. The molecule has 1 aliphatic heterocycles. The number of carbonyl (C=O) groups is 1. The quantitative estimate of drug-likeness (QED) is 0.267. The molecule has 3 aromatic carbocycles. The van der Waals surface area contributed by atoms with Crippen LogP contribution in [-0.4, -0.2) is 56.6 Å². The molecule has 1 aliphatic rings. The molecular formula is C32H34N4O5. The molecule has 0 radical (unpaired) electrons. The van der Waals surface area contributed by atoms with Crippen LogP contribution in [-0.2, 0) is 11.2 Å². The van der Waals surface area contributed by atoms with Crippen molar-refractivity contribution in [3.8, 4) is 17.2 Å². The smallest absolute Gasteiger partial charge is 0.425 e. The average molecular weight is 555 g/mol. The second kappa shape index (κ2) is 12.7. The number of para-hydroxylation sites is 1. The Kier molecular flexibility index (Phi) is 8.64. The summed E-state index contributed by atoms with van der Waals surface area (Å²) in [5.41, 5.74) is 4.39. The van der Waals surface area contributed by atoms with Gasteiger partial charge in [0.2, 0.25) is 0 Å². The molecule has 0 saturated carbocycles. The number of methoxy groups -OCH3 is 2. The van der Waals surface area contributed by atoms with Gasteiger partial charge in [-0.3, -0.25) is 0 Å². The monoisotopic (exact) mass is 554 g/mol. The maximum atomic E-state index is 13.8. The van der Waals surface area contributed by atoms with E-state index >= 15 is 0 Å². The Morgan fingerprint density at radius 3 is 2.37 bits per heavy atom. The summed E-state index contributed by atoms with van der Waals surface area (Å²) in [4.78, 5) is 26.8. The van der Waals surface area contributed by atoms with Gasteiger partial charge < -0.3 is 23.8 Å². The molecule has 0 N–H and O–H groups in total. The normalized spacial score (nSPS) is 13.0. The maximum Gasteiger partial charge on any atom is 0.425 e. The number of aromatic nitrogens is 2. The topological polar surface area (TPSA) is 86.2 Å². The van der Waals surface area contributed by atoms with Crippen LogP contribution in [0.15, 0.2) is 72.9 Å². The molecule has 41 heavy (non-hydrogen) atoms. The Labute approximate surface area is 240 Å². The molecule has 0 bridgehead atoms. The van der Waals surface area contributed by atoms with Gasteiger partial charge in [-0.2, -0.15) is 0 Å². The van der Waals surface area contributed by atoms with E-state index < -0.39 is 6.09 Å². The van der Waals surface area contributed by atoms with Gasteiger partial charge in [0, 0.05) is 37.5 Å². The van der Waals surface area contributed by atoms with E-state index in [0.29, 0.717) is 41.0 Å². The lowest BCUT2D eigenvalue weighted by molar-refractivity contribution is 0.122. The highest BCUT2D eigenvalue weighted by Gasteiger charge is 2.27. The van der Waals surface area contributed by atoms with Crippen LogP contribution in [0.4, 0.5) is 22.0 Å². The molecular weight excluding hydrogens is 520 g/mol. The highest BCUT2D eigenvalue weighted by Crippen LogP contribution is 2.37. The van der Waals surface area contributed by atoms with E-state index in [2.05, 4.69) is 34.1 Å². The van der Waals surface area contributed by atoms with Gasteiger partial charge in [-0.05, 0) is 60.9 Å². The van der Waals surface area contributed by atoms with Crippen molar-refractivity contribution in [2.75, 3.05) is 50.3 Å². The van der Waals surface area contributed by atoms with Crippen LogP contribution < -0.4 is 24.0 Å². The van der Waals surface area contributed by atoms with Crippen LogP contribution in [0, 0.1) is 13.8 Å². The number of nitrogens with zero attached hydrogens (tertiary/aromatic N) is 4. The fraction of sp³-hybridized carbons (Fsp3) is 0.281. The van der Waals surface area contributed by atoms with Crippen molar-refractivity contribution < 1.29 is 23.7 Å². The summed E-state index contributed by atoms with van der Waals surface area (Å²) >= 11 is 0. The van der Waals surface area contributed by atoms with Crippen LogP contribution in [0.2, 0.25) is 0 Å². The van der Waals surface area contributed by atoms with Gasteiger partial charge in [0.05, 0.1) is 33.1 Å². The summed E-state index contributed by atoms with van der Waals surface area (Å²) in [7, 11) is 3.12. The van der Waals surface area contributed by atoms with Crippen LogP contribution in [0.25, 0.3) is 0 Å². The molecule has 1 aromatic heterocycles. The second-order valence-corrected chi connectivity index (χ2v) is 9.74. The van der Waals surface area contributed by atoms with Crippen molar-refractivity contribution in [1.29, 1.82) is 0 Å². The number of benzene rings is 3. The number of amides is 1. The van der Waals surface area contributed by atoms with Crippen molar-refractivity contribution in [1.82, 2.24) is 9.97 Å². The van der Waals surface area contributed by atoms with Gasteiger partial charge in [0.25, 0.3) is 0 Å². The molecule has 0 spiro atoms. The van der Waals surface area contributed by atoms with E-state index in [1.165, 1.54) is 10.6 Å². The fourth-order valence-corrected chi connectivity index (χ4v) is 4.80. The van der Waals surface area contributed by atoms with Crippen molar-refractivity contribution in [3.05, 3.63) is 95.4 Å². The third-order valence-corrected chi connectivity index (χ3v) is 7.00. The Bertz CT molecular complexity index is 1480. The van der Waals surface area contributed by atoms with Gasteiger partial charge in [-0.15, -0.1) is 0 Å². The van der Waals surface area contributed by atoms with E-state index in [9.17, 15) is 4.79 Å². The zero-order valence-electron chi connectivity index (χ0n) is 23.8. The van der Waals surface area contributed by atoms with Crippen LogP contribution in [0.3, 0.4) is 0 Å². The third kappa shape index (κ3) is 6.41. The minimum atomic E-state index is -0.620. The molecule has 0 aliphatic carbocycles. The molecule has 1 fully saturated rings. The summed E-state index contributed by atoms with van der Waals surface area (Å²) < 4.78 is 22.4. The lowest BCUT2D eigenvalue weighted by Crippen LogP contribution is -2.36. The summed E-state index contributed by atoms with van der Waals surface area (Å²) in [6.45, 7) is 7.05. The first-order valence-corrected chi connectivity index (χ1v) is 13.5. The number of hydrogen-bond acceptors (Lipinski definition) is 8. The largest absolute Gasteiger partial charge is 0.497 e. The van der Waals surface area contributed by atoms with Crippen molar-refractivity contribution in [2.24, 2.45) is 0 Å². The molecule has 9 nitrogen and oxygen atoms in total. The summed E-state index contributed by atoms with van der Waals surface area (Å²) in [6.07, 6.45) is 1.52. The van der Waals surface area contributed by atoms with Crippen molar-refractivity contribution in [2.45, 2.75) is 20.3 Å². The van der Waals surface area contributed by atoms with E-state index in [0.717, 1.165) is 43.0 Å². The highest BCUT2D eigenvalue weighted by atomic mass is 16.6. The number of anilines is 3. The SMILES string of the molecule is COc1ccc(N(C(=O)Oc2c(C)cccc2C)c2ccnc(Cc3ccc(N4CCOCC4)cc3)n2)c(OC)c1. The highest BCUT2D eigenvalue weighted by molar-refractivity contribution is 5.98. The van der Waals surface area contributed by atoms with Crippen molar-refractivity contribution in [3.63, 3.8) is 0 Å². The van der Waals surface area contributed by atoms with Gasteiger partial charge in [0.1, 0.15) is 28.9 Å². The molecule has 1 saturated heterocycles. The van der Waals surface area contributed by atoms with Crippen molar-refractivity contribution >= 4 is 23.3 Å². The summed E-state index contributed by atoms with van der Waals surface area (Å²) in [6, 6.07) is 21.0. The minimum Gasteiger partial charge on any atom is -0.497 e. The predicted octanol–water partition coefficient (Wildman–Crippen LogP) is 5.88. The number of hydrogen-bond donors (Lipinski definition) is 0. The number of aryl methyl sites for hydroxylation is 2. The molecule has 2 heterocycles. The molecule has 5 rings (SSSR count). The molecule has 0 atom stereocenters. The second-order valence-electron chi connectivity index (χ2n) is 9.74.